The topological polar surface area (TPSA) is 84.5 Å². The van der Waals surface area contributed by atoms with E-state index in [-0.39, 0.29) is 16.2 Å². The largest absolute Gasteiger partial charge is 0.381 e. The lowest BCUT2D eigenvalue weighted by atomic mass is 9.74. The molecule has 0 radical (unpaired) electrons. The smallest absolute Gasteiger partial charge is 0.261 e. The van der Waals surface area contributed by atoms with Crippen LogP contribution in [0.2, 0.25) is 0 Å². The van der Waals surface area contributed by atoms with Gasteiger partial charge < -0.3 is 10.1 Å². The first-order chi connectivity index (χ1) is 15.9. The average Bonchev–Trinajstić information content (AvgIpc) is 2.84. The molecule has 4 rings (SSSR count). The van der Waals surface area contributed by atoms with Gasteiger partial charge in [-0.05, 0) is 61.7 Å². The van der Waals surface area contributed by atoms with Crippen molar-refractivity contribution in [3.63, 3.8) is 0 Å². The second-order valence-electron chi connectivity index (χ2n) is 8.44. The fraction of sp³-hybridized carbons (Fsp3) is 0.269. The number of ether oxygens (including phenoxy) is 1. The molecule has 1 aliphatic heterocycles. The van der Waals surface area contributed by atoms with Gasteiger partial charge in [-0.1, -0.05) is 48.0 Å². The van der Waals surface area contributed by atoms with Gasteiger partial charge in [0.1, 0.15) is 0 Å². The van der Waals surface area contributed by atoms with Crippen molar-refractivity contribution in [2.45, 2.75) is 30.1 Å². The number of anilines is 1. The Morgan fingerprint density at radius 3 is 2.18 bits per heavy atom. The second-order valence-corrected chi connectivity index (χ2v) is 10.1. The Hall–Kier alpha value is -3.16. The highest BCUT2D eigenvalue weighted by Crippen LogP contribution is 2.34. The SMILES string of the molecule is Cc1ccc(S(=O)(=O)Nc2ccc(C(=O)NCC3(c4ccccc4)CCOCC3)cc2)cc1. The molecule has 0 bridgehead atoms. The summed E-state index contributed by atoms with van der Waals surface area (Å²) in [5, 5.41) is 3.07. The summed E-state index contributed by atoms with van der Waals surface area (Å²) in [4.78, 5) is 13.0. The van der Waals surface area contributed by atoms with Gasteiger partial charge in [0, 0.05) is 36.4 Å². The zero-order valence-electron chi connectivity index (χ0n) is 18.6. The Kier molecular flexibility index (Phi) is 6.81. The predicted molar refractivity (Wildman–Crippen MR) is 129 cm³/mol. The molecular weight excluding hydrogens is 436 g/mol. The molecule has 7 heteroatoms. The number of amides is 1. The minimum Gasteiger partial charge on any atom is -0.381 e. The summed E-state index contributed by atoms with van der Waals surface area (Å²) in [7, 11) is -3.69. The first kappa shape index (κ1) is 23.0. The molecule has 1 amide bonds. The Labute approximate surface area is 195 Å². The summed E-state index contributed by atoms with van der Waals surface area (Å²) < 4.78 is 33.3. The average molecular weight is 465 g/mol. The van der Waals surface area contributed by atoms with Gasteiger partial charge in [-0.25, -0.2) is 8.42 Å². The van der Waals surface area contributed by atoms with Crippen molar-refractivity contribution < 1.29 is 17.9 Å². The minimum absolute atomic E-state index is 0.154. The zero-order chi connectivity index (χ0) is 23.3. The molecule has 0 atom stereocenters. The lowest BCUT2D eigenvalue weighted by molar-refractivity contribution is 0.0487. The van der Waals surface area contributed by atoms with Crippen molar-refractivity contribution in [1.29, 1.82) is 0 Å². The van der Waals surface area contributed by atoms with Crippen molar-refractivity contribution in [3.8, 4) is 0 Å². The fourth-order valence-corrected chi connectivity index (χ4v) is 5.15. The number of nitrogens with one attached hydrogen (secondary N) is 2. The predicted octanol–water partition coefficient (Wildman–Crippen LogP) is 4.27. The van der Waals surface area contributed by atoms with Crippen LogP contribution in [0, 0.1) is 6.92 Å². The first-order valence-corrected chi connectivity index (χ1v) is 12.5. The number of hydrogen-bond acceptors (Lipinski definition) is 4. The van der Waals surface area contributed by atoms with Gasteiger partial charge in [0.15, 0.2) is 0 Å². The highest BCUT2D eigenvalue weighted by molar-refractivity contribution is 7.92. The van der Waals surface area contributed by atoms with Crippen LogP contribution in [0.5, 0.6) is 0 Å². The van der Waals surface area contributed by atoms with E-state index in [4.69, 9.17) is 4.74 Å². The van der Waals surface area contributed by atoms with Crippen LogP contribution in [0.15, 0.2) is 83.8 Å². The molecule has 1 fully saturated rings. The van der Waals surface area contributed by atoms with Crippen LogP contribution < -0.4 is 10.0 Å². The maximum absolute atomic E-state index is 12.8. The van der Waals surface area contributed by atoms with E-state index in [9.17, 15) is 13.2 Å². The monoisotopic (exact) mass is 464 g/mol. The fourth-order valence-electron chi connectivity index (χ4n) is 4.09. The van der Waals surface area contributed by atoms with Crippen LogP contribution in [-0.4, -0.2) is 34.1 Å². The first-order valence-electron chi connectivity index (χ1n) is 11.0. The van der Waals surface area contributed by atoms with E-state index in [0.29, 0.717) is 31.0 Å². The summed E-state index contributed by atoms with van der Waals surface area (Å²) in [5.41, 5.74) is 2.91. The molecule has 1 heterocycles. The lowest BCUT2D eigenvalue weighted by Gasteiger charge is -2.38. The van der Waals surface area contributed by atoms with Gasteiger partial charge in [-0.2, -0.15) is 0 Å². The molecule has 0 unspecified atom stereocenters. The summed E-state index contributed by atoms with van der Waals surface area (Å²) in [6.45, 7) is 3.75. The van der Waals surface area contributed by atoms with Gasteiger partial charge in [-0.15, -0.1) is 0 Å². The third kappa shape index (κ3) is 5.43. The number of aryl methyl sites for hydroxylation is 1. The molecule has 6 nitrogen and oxygen atoms in total. The summed E-state index contributed by atoms with van der Waals surface area (Å²) in [6, 6.07) is 23.3. The number of sulfonamides is 1. The van der Waals surface area contributed by atoms with Crippen molar-refractivity contribution in [3.05, 3.63) is 95.6 Å². The molecule has 172 valence electrons. The van der Waals surface area contributed by atoms with Gasteiger partial charge in [-0.3, -0.25) is 9.52 Å². The molecule has 3 aromatic rings. The highest BCUT2D eigenvalue weighted by Gasteiger charge is 2.34. The van der Waals surface area contributed by atoms with E-state index < -0.39 is 10.0 Å². The van der Waals surface area contributed by atoms with E-state index >= 15 is 0 Å². The van der Waals surface area contributed by atoms with Crippen LogP contribution in [0.1, 0.15) is 34.3 Å². The van der Waals surface area contributed by atoms with Crippen molar-refractivity contribution in [1.82, 2.24) is 5.32 Å². The Balaban J connectivity index is 1.42. The van der Waals surface area contributed by atoms with E-state index in [1.54, 1.807) is 48.5 Å². The van der Waals surface area contributed by atoms with Crippen LogP contribution in [0.25, 0.3) is 0 Å². The molecule has 3 aromatic carbocycles. The quantitative estimate of drug-likeness (QED) is 0.547. The number of benzene rings is 3. The lowest BCUT2D eigenvalue weighted by Crippen LogP contribution is -2.44. The summed E-state index contributed by atoms with van der Waals surface area (Å²) in [6.07, 6.45) is 1.69. The van der Waals surface area contributed by atoms with E-state index in [2.05, 4.69) is 22.2 Å². The van der Waals surface area contributed by atoms with Gasteiger partial charge in [0.2, 0.25) is 0 Å². The number of hydrogen-bond donors (Lipinski definition) is 2. The van der Waals surface area contributed by atoms with Crippen LogP contribution >= 0.6 is 0 Å². The third-order valence-electron chi connectivity index (χ3n) is 6.15. The molecule has 0 spiro atoms. The third-order valence-corrected chi connectivity index (χ3v) is 7.55. The molecule has 2 N–H and O–H groups in total. The van der Waals surface area contributed by atoms with E-state index in [1.807, 2.05) is 25.1 Å². The Bertz CT molecular complexity index is 1190. The van der Waals surface area contributed by atoms with Gasteiger partial charge >= 0.3 is 0 Å². The normalized spacial score (nSPS) is 15.5. The maximum atomic E-state index is 12.8. The highest BCUT2D eigenvalue weighted by atomic mass is 32.2. The van der Waals surface area contributed by atoms with Crippen molar-refractivity contribution >= 4 is 21.6 Å². The molecule has 33 heavy (non-hydrogen) atoms. The van der Waals surface area contributed by atoms with Gasteiger partial charge in [0.05, 0.1) is 4.90 Å². The maximum Gasteiger partial charge on any atom is 0.261 e. The molecule has 0 aliphatic carbocycles. The minimum atomic E-state index is -3.69. The number of carbonyl (C=O) groups is 1. The van der Waals surface area contributed by atoms with Gasteiger partial charge in [0.25, 0.3) is 15.9 Å². The van der Waals surface area contributed by atoms with E-state index in [1.165, 1.54) is 5.56 Å². The Morgan fingerprint density at radius 1 is 0.909 bits per heavy atom. The Morgan fingerprint density at radius 2 is 1.55 bits per heavy atom. The molecule has 1 aliphatic rings. The van der Waals surface area contributed by atoms with Crippen molar-refractivity contribution in [2.24, 2.45) is 0 Å². The van der Waals surface area contributed by atoms with E-state index in [0.717, 1.165) is 18.4 Å². The standard InChI is InChI=1S/C26H28N2O4S/c1-20-7-13-24(14-8-20)33(30,31)28-23-11-9-21(10-12-23)25(29)27-19-26(15-17-32-18-16-26)22-5-3-2-4-6-22/h2-14,28H,15-19H2,1H3,(H,27,29). The number of carbonyl (C=O) groups excluding carboxylic acids is 1. The summed E-state index contributed by atoms with van der Waals surface area (Å²) >= 11 is 0. The van der Waals surface area contributed by atoms with Crippen LogP contribution in [0.4, 0.5) is 5.69 Å². The molecule has 0 saturated carbocycles. The van der Waals surface area contributed by atoms with Crippen LogP contribution in [0.3, 0.4) is 0 Å². The summed E-state index contributed by atoms with van der Waals surface area (Å²) in [5.74, 6) is -0.190. The second kappa shape index (κ2) is 9.77. The zero-order valence-corrected chi connectivity index (χ0v) is 19.4. The molecule has 0 aromatic heterocycles. The molecular formula is C26H28N2O4S. The molecule has 1 saturated heterocycles. The number of rotatable bonds is 7. The van der Waals surface area contributed by atoms with Crippen LogP contribution in [-0.2, 0) is 20.2 Å². The van der Waals surface area contributed by atoms with Crippen molar-refractivity contribution in [2.75, 3.05) is 24.5 Å².